The van der Waals surface area contributed by atoms with Crippen molar-refractivity contribution in [3.8, 4) is 0 Å². The molecule has 0 radical (unpaired) electrons. The Morgan fingerprint density at radius 1 is 1.25 bits per heavy atom. The van der Waals surface area contributed by atoms with Crippen LogP contribution < -0.4 is 5.32 Å². The number of alkyl halides is 3. The highest BCUT2D eigenvalue weighted by Crippen LogP contribution is 2.38. The van der Waals surface area contributed by atoms with Gasteiger partial charge >= 0.3 is 12.2 Å². The number of hydrogen-bond donors (Lipinski definition) is 1. The Morgan fingerprint density at radius 3 is 2.56 bits per heavy atom. The Morgan fingerprint density at radius 2 is 1.94 bits per heavy atom. The topological polar surface area (TPSA) is 69.7 Å². The van der Waals surface area contributed by atoms with Gasteiger partial charge in [-0.05, 0) is 56.7 Å². The lowest BCUT2D eigenvalue weighted by molar-refractivity contribution is -0.137. The molecule has 6 nitrogen and oxygen atoms in total. The summed E-state index contributed by atoms with van der Waals surface area (Å²) >= 11 is 0. The molecule has 2 saturated carbocycles. The summed E-state index contributed by atoms with van der Waals surface area (Å²) in [7, 11) is 0. The minimum atomic E-state index is -4.44. The summed E-state index contributed by atoms with van der Waals surface area (Å²) in [6.07, 6.45) is 0.771. The maximum absolute atomic E-state index is 13.1. The van der Waals surface area contributed by atoms with E-state index < -0.39 is 29.4 Å². The summed E-state index contributed by atoms with van der Waals surface area (Å²) in [6, 6.07) is 4.22. The second kappa shape index (κ2) is 8.41. The molecule has 0 aromatic heterocycles. The number of halogens is 3. The number of amides is 4. The molecule has 1 atom stereocenters. The zero-order valence-electron chi connectivity index (χ0n) is 18.1. The number of carbonyl (C=O) groups is 3. The lowest BCUT2D eigenvalue weighted by Crippen LogP contribution is -2.44. The molecule has 1 aliphatic heterocycles. The van der Waals surface area contributed by atoms with Gasteiger partial charge < -0.3 is 10.2 Å². The fourth-order valence-electron chi connectivity index (χ4n) is 4.94. The van der Waals surface area contributed by atoms with Crippen LogP contribution in [0.2, 0.25) is 0 Å². The van der Waals surface area contributed by atoms with Gasteiger partial charge in [-0.15, -0.1) is 0 Å². The molecule has 1 saturated heterocycles. The van der Waals surface area contributed by atoms with E-state index >= 15 is 0 Å². The fraction of sp³-hybridized carbons (Fsp3) is 0.609. The van der Waals surface area contributed by atoms with Crippen molar-refractivity contribution >= 4 is 17.8 Å². The highest BCUT2D eigenvalue weighted by atomic mass is 19.4. The number of benzene rings is 1. The van der Waals surface area contributed by atoms with Gasteiger partial charge in [-0.1, -0.05) is 25.0 Å². The van der Waals surface area contributed by atoms with E-state index in [0.29, 0.717) is 24.8 Å². The van der Waals surface area contributed by atoms with E-state index in [2.05, 4.69) is 5.32 Å². The van der Waals surface area contributed by atoms with Crippen molar-refractivity contribution in [3.63, 3.8) is 0 Å². The lowest BCUT2D eigenvalue weighted by Gasteiger charge is -2.30. The predicted molar refractivity (Wildman–Crippen MR) is 110 cm³/mol. The van der Waals surface area contributed by atoms with E-state index in [1.165, 1.54) is 11.0 Å². The molecule has 0 bridgehead atoms. The normalized spacial score (nSPS) is 21.2. The van der Waals surface area contributed by atoms with Crippen LogP contribution in [0.15, 0.2) is 24.3 Å². The zero-order chi connectivity index (χ0) is 23.1. The van der Waals surface area contributed by atoms with Crippen molar-refractivity contribution in [1.82, 2.24) is 15.1 Å². The first-order chi connectivity index (χ1) is 15.1. The van der Waals surface area contributed by atoms with Crippen molar-refractivity contribution in [3.05, 3.63) is 35.4 Å². The van der Waals surface area contributed by atoms with Crippen LogP contribution in [0, 0.1) is 0 Å². The second-order valence-corrected chi connectivity index (χ2v) is 9.11. The molecule has 1 N–H and O–H groups in total. The summed E-state index contributed by atoms with van der Waals surface area (Å²) in [6.45, 7) is 1.90. The molecule has 1 heterocycles. The molecule has 4 rings (SSSR count). The monoisotopic (exact) mass is 451 g/mol. The predicted octanol–water partition coefficient (Wildman–Crippen LogP) is 4.40. The number of urea groups is 1. The number of nitrogens with zero attached hydrogens (tertiary/aromatic N) is 2. The molecule has 2 aliphatic carbocycles. The van der Waals surface area contributed by atoms with Crippen molar-refractivity contribution in [2.24, 2.45) is 0 Å². The van der Waals surface area contributed by atoms with E-state index in [0.717, 1.165) is 37.8 Å². The standard InChI is InChI=1S/C23H28F3N3O3/c1-15(16-6-4-7-17(14-16)23(24,25)26)29(18-9-10-18)19(30)8-5-13-28-20(31)22(27-21(28)32)11-2-3-12-22/h4,6-7,14-15,18H,2-3,5,8-13H2,1H3,(H,27,32). The second-order valence-electron chi connectivity index (χ2n) is 9.11. The highest BCUT2D eigenvalue weighted by Gasteiger charge is 2.52. The zero-order valence-corrected chi connectivity index (χ0v) is 18.1. The Balaban J connectivity index is 1.38. The number of nitrogens with one attached hydrogen (secondary N) is 1. The van der Waals surface area contributed by atoms with E-state index in [-0.39, 0.29) is 30.8 Å². The van der Waals surface area contributed by atoms with Crippen molar-refractivity contribution in [2.45, 2.75) is 82.1 Å². The van der Waals surface area contributed by atoms with E-state index in [1.807, 2.05) is 0 Å². The molecule has 1 aromatic carbocycles. The van der Waals surface area contributed by atoms with Gasteiger partial charge in [0.1, 0.15) is 5.54 Å². The molecule has 4 amide bonds. The quantitative estimate of drug-likeness (QED) is 0.625. The first kappa shape index (κ1) is 22.6. The van der Waals surface area contributed by atoms with Gasteiger partial charge in [-0.3, -0.25) is 14.5 Å². The van der Waals surface area contributed by atoms with Gasteiger partial charge in [0, 0.05) is 19.0 Å². The van der Waals surface area contributed by atoms with Gasteiger partial charge in [-0.25, -0.2) is 4.79 Å². The molecule has 9 heteroatoms. The molecular formula is C23H28F3N3O3. The minimum Gasteiger partial charge on any atom is -0.333 e. The number of rotatable bonds is 7. The molecule has 1 aromatic rings. The molecule has 3 fully saturated rings. The molecule has 1 unspecified atom stereocenters. The van der Waals surface area contributed by atoms with Gasteiger partial charge in [0.25, 0.3) is 5.91 Å². The van der Waals surface area contributed by atoms with Crippen LogP contribution in [0.4, 0.5) is 18.0 Å². The van der Waals surface area contributed by atoms with Crippen molar-refractivity contribution < 1.29 is 27.6 Å². The summed E-state index contributed by atoms with van der Waals surface area (Å²) in [5, 5.41) is 2.83. The van der Waals surface area contributed by atoms with Crippen LogP contribution >= 0.6 is 0 Å². The van der Waals surface area contributed by atoms with Crippen LogP contribution in [0.3, 0.4) is 0 Å². The van der Waals surface area contributed by atoms with Crippen LogP contribution in [0.25, 0.3) is 0 Å². The lowest BCUT2D eigenvalue weighted by atomic mass is 9.98. The maximum atomic E-state index is 13.1. The highest BCUT2D eigenvalue weighted by molar-refractivity contribution is 6.07. The van der Waals surface area contributed by atoms with Crippen molar-refractivity contribution in [1.29, 1.82) is 0 Å². The van der Waals surface area contributed by atoms with Crippen LogP contribution in [0.1, 0.15) is 75.5 Å². The molecule has 174 valence electrons. The smallest absolute Gasteiger partial charge is 0.333 e. The maximum Gasteiger partial charge on any atom is 0.416 e. The van der Waals surface area contributed by atoms with Crippen LogP contribution in [-0.2, 0) is 15.8 Å². The van der Waals surface area contributed by atoms with Gasteiger partial charge in [0.15, 0.2) is 0 Å². The van der Waals surface area contributed by atoms with Crippen LogP contribution in [-0.4, -0.2) is 45.8 Å². The summed E-state index contributed by atoms with van der Waals surface area (Å²) in [4.78, 5) is 40.9. The molecule has 3 aliphatic rings. The average molecular weight is 451 g/mol. The third-order valence-electron chi connectivity index (χ3n) is 6.82. The summed E-state index contributed by atoms with van der Waals surface area (Å²) < 4.78 is 39.3. The third-order valence-corrected chi connectivity index (χ3v) is 6.82. The van der Waals surface area contributed by atoms with Gasteiger partial charge in [0.05, 0.1) is 11.6 Å². The molecule has 32 heavy (non-hydrogen) atoms. The first-order valence-electron chi connectivity index (χ1n) is 11.2. The third kappa shape index (κ3) is 4.34. The van der Waals surface area contributed by atoms with Crippen molar-refractivity contribution in [2.75, 3.05) is 6.54 Å². The minimum absolute atomic E-state index is 0.0190. The molecule has 1 spiro atoms. The number of carbonyl (C=O) groups excluding carboxylic acids is 3. The van der Waals surface area contributed by atoms with Gasteiger partial charge in [-0.2, -0.15) is 13.2 Å². The Bertz CT molecular complexity index is 907. The summed E-state index contributed by atoms with van der Waals surface area (Å²) in [5.74, 6) is -0.371. The Labute approximate surface area is 185 Å². The average Bonchev–Trinajstić information content (AvgIpc) is 3.41. The number of imide groups is 1. The van der Waals surface area contributed by atoms with Crippen LogP contribution in [0.5, 0.6) is 0 Å². The summed E-state index contributed by atoms with van der Waals surface area (Å²) in [5.41, 5.74) is -1.05. The largest absolute Gasteiger partial charge is 0.416 e. The van der Waals surface area contributed by atoms with E-state index in [4.69, 9.17) is 0 Å². The fourth-order valence-corrected chi connectivity index (χ4v) is 4.94. The SMILES string of the molecule is CC(c1cccc(C(F)(F)F)c1)N(C(=O)CCCN1C(=O)NC2(CCCC2)C1=O)C1CC1. The first-order valence-corrected chi connectivity index (χ1v) is 11.2. The van der Waals surface area contributed by atoms with E-state index in [1.54, 1.807) is 17.9 Å². The number of hydrogen-bond acceptors (Lipinski definition) is 3. The molecular weight excluding hydrogens is 423 g/mol. The van der Waals surface area contributed by atoms with Gasteiger partial charge in [0.2, 0.25) is 5.91 Å². The Kier molecular flexibility index (Phi) is 5.94. The van der Waals surface area contributed by atoms with E-state index in [9.17, 15) is 27.6 Å². The Hall–Kier alpha value is -2.58.